The number of rotatable bonds is 9. The first-order chi connectivity index (χ1) is 15.9. The number of nitro benzene ring substituents is 1. The summed E-state index contributed by atoms with van der Waals surface area (Å²) in [6.45, 7) is 0.763. The summed E-state index contributed by atoms with van der Waals surface area (Å²) in [4.78, 5) is 24.0. The zero-order chi connectivity index (χ0) is 23.6. The molecule has 0 spiro atoms. The molecule has 0 aliphatic carbocycles. The largest absolute Gasteiger partial charge is 0.461 e. The van der Waals surface area contributed by atoms with Crippen LogP contribution in [0.5, 0.6) is 0 Å². The lowest BCUT2D eigenvalue weighted by Gasteiger charge is -2.18. The summed E-state index contributed by atoms with van der Waals surface area (Å²) in [5.74, 6) is -0.395. The highest BCUT2D eigenvalue weighted by atomic mass is 35.5. The molecule has 0 radical (unpaired) electrons. The maximum atomic E-state index is 11.9. The van der Waals surface area contributed by atoms with Gasteiger partial charge in [0.05, 0.1) is 22.2 Å². The smallest absolute Gasteiger partial charge is 0.330 e. The van der Waals surface area contributed by atoms with Gasteiger partial charge < -0.3 is 9.64 Å². The average molecular weight is 465 g/mol. The normalized spacial score (nSPS) is 11.1. The van der Waals surface area contributed by atoms with Gasteiger partial charge in [-0.25, -0.2) is 4.79 Å². The quantitative estimate of drug-likeness (QED) is 0.121. The van der Waals surface area contributed by atoms with E-state index < -0.39 is 10.9 Å². The van der Waals surface area contributed by atoms with Gasteiger partial charge in [-0.05, 0) is 42.0 Å². The minimum atomic E-state index is -0.523. The minimum absolute atomic E-state index is 0.107. The first-order valence-electron chi connectivity index (χ1n) is 9.99. The highest BCUT2D eigenvalue weighted by molar-refractivity contribution is 6.33. The molecule has 0 aliphatic heterocycles. The Morgan fingerprint density at radius 1 is 1.09 bits per heavy atom. The van der Waals surface area contributed by atoms with Crippen molar-refractivity contribution >= 4 is 46.4 Å². The van der Waals surface area contributed by atoms with Gasteiger partial charge in [0.25, 0.3) is 5.69 Å². The molecule has 0 saturated carbocycles. The van der Waals surface area contributed by atoms with E-state index in [1.54, 1.807) is 18.2 Å². The fourth-order valence-electron chi connectivity index (χ4n) is 2.76. The van der Waals surface area contributed by atoms with Crippen molar-refractivity contribution in [1.82, 2.24) is 0 Å². The number of hydrogen-bond acceptors (Lipinski definition) is 7. The number of hydrogen-bond donors (Lipinski definition) is 0. The van der Waals surface area contributed by atoms with Gasteiger partial charge in [-0.15, -0.1) is 5.11 Å². The van der Waals surface area contributed by atoms with Crippen LogP contribution in [-0.2, 0) is 9.53 Å². The molecule has 33 heavy (non-hydrogen) atoms. The Labute approximate surface area is 195 Å². The van der Waals surface area contributed by atoms with Crippen molar-refractivity contribution in [3.63, 3.8) is 0 Å². The summed E-state index contributed by atoms with van der Waals surface area (Å²) >= 11 is 6.02. The molecule has 0 N–H and O–H groups in total. The Bertz CT molecular complexity index is 1160. The molecule has 3 aromatic carbocycles. The number of carbonyl (C=O) groups excluding carboxylic acids is 1. The molecule has 0 amide bonds. The van der Waals surface area contributed by atoms with Gasteiger partial charge in [0.2, 0.25) is 0 Å². The van der Waals surface area contributed by atoms with E-state index in [1.807, 2.05) is 54.4 Å². The van der Waals surface area contributed by atoms with Gasteiger partial charge in [0.1, 0.15) is 12.3 Å². The Morgan fingerprint density at radius 2 is 1.82 bits per heavy atom. The molecule has 0 saturated heterocycles. The molecule has 9 heteroatoms. The number of azo groups is 1. The van der Waals surface area contributed by atoms with Crippen LogP contribution in [0.1, 0.15) is 5.56 Å². The van der Waals surface area contributed by atoms with Crippen LogP contribution in [-0.4, -0.2) is 31.1 Å². The number of carbonyl (C=O) groups is 1. The predicted molar refractivity (Wildman–Crippen MR) is 128 cm³/mol. The molecular weight excluding hydrogens is 444 g/mol. The van der Waals surface area contributed by atoms with E-state index in [1.165, 1.54) is 24.3 Å². The number of esters is 1. The molecule has 8 nitrogen and oxygen atoms in total. The third-order valence-corrected chi connectivity index (χ3v) is 4.89. The number of benzene rings is 3. The van der Waals surface area contributed by atoms with Gasteiger partial charge in [0.15, 0.2) is 0 Å². The lowest BCUT2D eigenvalue weighted by atomic mass is 10.2. The maximum absolute atomic E-state index is 11.9. The first-order valence-corrected chi connectivity index (χ1v) is 10.4. The van der Waals surface area contributed by atoms with Crippen molar-refractivity contribution in [2.75, 3.05) is 25.1 Å². The average Bonchev–Trinajstić information content (AvgIpc) is 2.82. The number of nitrogens with zero attached hydrogens (tertiary/aromatic N) is 4. The van der Waals surface area contributed by atoms with Crippen molar-refractivity contribution < 1.29 is 14.5 Å². The Morgan fingerprint density at radius 3 is 2.48 bits per heavy atom. The van der Waals surface area contributed by atoms with Gasteiger partial charge >= 0.3 is 5.97 Å². The second-order valence-corrected chi connectivity index (χ2v) is 7.35. The van der Waals surface area contributed by atoms with Crippen molar-refractivity contribution in [2.24, 2.45) is 10.2 Å². The van der Waals surface area contributed by atoms with Gasteiger partial charge in [-0.1, -0.05) is 41.9 Å². The van der Waals surface area contributed by atoms with Crippen LogP contribution in [0.25, 0.3) is 6.08 Å². The van der Waals surface area contributed by atoms with Crippen LogP contribution in [0.3, 0.4) is 0 Å². The zero-order valence-electron chi connectivity index (χ0n) is 17.8. The molecule has 0 aromatic heterocycles. The molecule has 168 valence electrons. The van der Waals surface area contributed by atoms with E-state index >= 15 is 0 Å². The number of likely N-dealkylation sites (N-methyl/N-ethyl adjacent to an activating group) is 1. The van der Waals surface area contributed by atoms with Crippen LogP contribution in [0.4, 0.5) is 22.7 Å². The van der Waals surface area contributed by atoms with E-state index in [-0.39, 0.29) is 17.3 Å². The Hall–Kier alpha value is -4.04. The summed E-state index contributed by atoms with van der Waals surface area (Å²) in [7, 11) is 1.89. The van der Waals surface area contributed by atoms with Crippen molar-refractivity contribution in [1.29, 1.82) is 0 Å². The predicted octanol–water partition coefficient (Wildman–Crippen LogP) is 6.36. The number of ether oxygens (including phenoxy) is 1. The minimum Gasteiger partial charge on any atom is -0.461 e. The topological polar surface area (TPSA) is 97.4 Å². The lowest BCUT2D eigenvalue weighted by molar-refractivity contribution is -0.384. The molecule has 0 unspecified atom stereocenters. The van der Waals surface area contributed by atoms with Gasteiger partial charge in [0, 0.05) is 30.9 Å². The third-order valence-electron chi connectivity index (χ3n) is 4.59. The second-order valence-electron chi connectivity index (χ2n) is 6.94. The number of non-ortho nitro benzene ring substituents is 1. The van der Waals surface area contributed by atoms with Crippen LogP contribution >= 0.6 is 11.6 Å². The Balaban J connectivity index is 1.49. The number of nitro groups is 1. The second kappa shape index (κ2) is 11.5. The van der Waals surface area contributed by atoms with E-state index in [9.17, 15) is 14.9 Å². The summed E-state index contributed by atoms with van der Waals surface area (Å²) in [5, 5.41) is 19.1. The molecule has 0 atom stereocenters. The SMILES string of the molecule is CN(CCOC(=O)/C=C/c1ccccc1)c1ccc(N=Nc2ccc([N+](=O)[O-])cc2Cl)cc1. The highest BCUT2D eigenvalue weighted by Crippen LogP contribution is 2.30. The molecule has 0 aliphatic rings. The van der Waals surface area contributed by atoms with Crippen molar-refractivity contribution in [3.8, 4) is 0 Å². The molecule has 0 bridgehead atoms. The van der Waals surface area contributed by atoms with E-state index in [0.717, 1.165) is 11.3 Å². The summed E-state index contributed by atoms with van der Waals surface area (Å²) in [5.41, 5.74) is 2.67. The number of halogens is 1. The third kappa shape index (κ3) is 7.26. The van der Waals surface area contributed by atoms with Crippen LogP contribution < -0.4 is 4.90 Å². The van der Waals surface area contributed by atoms with E-state index in [4.69, 9.17) is 16.3 Å². The van der Waals surface area contributed by atoms with Crippen LogP contribution in [0, 0.1) is 10.1 Å². The van der Waals surface area contributed by atoms with E-state index in [0.29, 0.717) is 17.9 Å². The summed E-state index contributed by atoms with van der Waals surface area (Å²) in [6, 6.07) is 20.8. The highest BCUT2D eigenvalue weighted by Gasteiger charge is 2.09. The first kappa shape index (κ1) is 23.6. The Kier molecular flexibility index (Phi) is 8.26. The molecule has 3 aromatic rings. The van der Waals surface area contributed by atoms with Gasteiger partial charge in [-0.2, -0.15) is 5.11 Å². The zero-order valence-corrected chi connectivity index (χ0v) is 18.6. The van der Waals surface area contributed by atoms with Crippen LogP contribution in [0.15, 0.2) is 89.1 Å². The summed E-state index contributed by atoms with van der Waals surface area (Å²) in [6.07, 6.45) is 3.12. The van der Waals surface area contributed by atoms with E-state index in [2.05, 4.69) is 10.2 Å². The van der Waals surface area contributed by atoms with Crippen molar-refractivity contribution in [2.45, 2.75) is 0 Å². The lowest BCUT2D eigenvalue weighted by Crippen LogP contribution is -2.23. The standard InChI is InChI=1S/C24H21ClN4O4/c1-28(15-16-33-24(30)14-7-18-5-3-2-4-6-18)20-10-8-19(9-11-20)26-27-23-13-12-21(29(31)32)17-22(23)25/h2-14,17H,15-16H2,1H3/b14-7+,27-26?. The fourth-order valence-corrected chi connectivity index (χ4v) is 2.98. The molecular formula is C24H21ClN4O4. The fraction of sp³-hybridized carbons (Fsp3) is 0.125. The monoisotopic (exact) mass is 464 g/mol. The maximum Gasteiger partial charge on any atom is 0.330 e. The molecule has 0 heterocycles. The number of anilines is 1. The van der Waals surface area contributed by atoms with Crippen molar-refractivity contribution in [3.05, 3.63) is 99.6 Å². The summed E-state index contributed by atoms with van der Waals surface area (Å²) < 4.78 is 5.25. The molecule has 0 fully saturated rings. The van der Waals surface area contributed by atoms with Crippen LogP contribution in [0.2, 0.25) is 5.02 Å². The molecule has 3 rings (SSSR count). The van der Waals surface area contributed by atoms with Gasteiger partial charge in [-0.3, -0.25) is 10.1 Å².